The van der Waals surface area contributed by atoms with E-state index >= 15 is 0 Å². The van der Waals surface area contributed by atoms with Gasteiger partial charge in [0.05, 0.1) is 9.89 Å². The summed E-state index contributed by atoms with van der Waals surface area (Å²) in [5.74, 6) is 0.129. The minimum absolute atomic E-state index is 0.129. The molecule has 86 valence electrons. The predicted molar refractivity (Wildman–Crippen MR) is 60.6 cm³/mol. The van der Waals surface area contributed by atoms with Crippen molar-refractivity contribution in [2.45, 2.75) is 31.7 Å². The van der Waals surface area contributed by atoms with Gasteiger partial charge in [-0.1, -0.05) is 0 Å². The lowest BCUT2D eigenvalue weighted by Gasteiger charge is -2.21. The van der Waals surface area contributed by atoms with Crippen molar-refractivity contribution in [1.82, 2.24) is 9.67 Å². The molecule has 0 radical (unpaired) electrons. The van der Waals surface area contributed by atoms with Crippen molar-refractivity contribution >= 4 is 23.8 Å². The van der Waals surface area contributed by atoms with Gasteiger partial charge in [0.15, 0.2) is 5.38 Å². The van der Waals surface area contributed by atoms with Gasteiger partial charge in [0.1, 0.15) is 6.21 Å². The summed E-state index contributed by atoms with van der Waals surface area (Å²) in [5.41, 5.74) is 5.37. The largest absolute Gasteiger partial charge is 0.364 e. The number of nitrogens with zero attached hydrogens (tertiary/aromatic N) is 4. The lowest BCUT2D eigenvalue weighted by Crippen LogP contribution is -2.49. The fourth-order valence-corrected chi connectivity index (χ4v) is 1.89. The summed E-state index contributed by atoms with van der Waals surface area (Å²) in [6.45, 7) is 5.63. The highest BCUT2D eigenvalue weighted by Gasteiger charge is 2.36. The van der Waals surface area contributed by atoms with Crippen molar-refractivity contribution in [3.63, 3.8) is 0 Å². The molecule has 2 N–H and O–H groups in total. The van der Waals surface area contributed by atoms with Gasteiger partial charge in [-0.05, 0) is 20.8 Å². The molecular weight excluding hydrogens is 230 g/mol. The summed E-state index contributed by atoms with van der Waals surface area (Å²) >= 11 is 5.96. The molecule has 0 spiro atoms. The second kappa shape index (κ2) is 3.28. The molecule has 0 fully saturated rings. The van der Waals surface area contributed by atoms with E-state index in [1.165, 1.54) is 15.6 Å². The van der Waals surface area contributed by atoms with Crippen LogP contribution in [0.5, 0.6) is 0 Å². The molecule has 1 unspecified atom stereocenters. The molecule has 0 bridgehead atoms. The molecule has 0 aromatic carbocycles. The summed E-state index contributed by atoms with van der Waals surface area (Å²) in [6.07, 6.45) is 1.46. The van der Waals surface area contributed by atoms with Crippen LogP contribution in [0.15, 0.2) is 9.90 Å². The molecule has 2 heterocycles. The molecule has 0 aliphatic carbocycles. The third-order valence-corrected chi connectivity index (χ3v) is 2.62. The van der Waals surface area contributed by atoms with Crippen LogP contribution in [0.4, 0.5) is 5.95 Å². The maximum absolute atomic E-state index is 12.2. The number of hydrogen-bond acceptors (Lipinski definition) is 4. The number of rotatable bonds is 0. The van der Waals surface area contributed by atoms with Crippen LogP contribution in [0.1, 0.15) is 31.8 Å². The average Bonchev–Trinajstić information content (AvgIpc) is 2.44. The Bertz CT molecular complexity index is 528. The molecule has 1 aromatic heterocycles. The zero-order valence-electron chi connectivity index (χ0n) is 9.31. The molecule has 16 heavy (non-hydrogen) atoms. The zero-order chi connectivity index (χ0) is 12.1. The third-order valence-electron chi connectivity index (χ3n) is 2.30. The van der Waals surface area contributed by atoms with Crippen molar-refractivity contribution in [2.24, 2.45) is 5.10 Å². The second-order valence-corrected chi connectivity index (χ2v) is 5.08. The zero-order valence-corrected chi connectivity index (χ0v) is 10.1. The lowest BCUT2D eigenvalue weighted by atomic mass is 10.1. The first kappa shape index (κ1) is 11.1. The van der Waals surface area contributed by atoms with Crippen LogP contribution in [0, 0.1) is 0 Å². The number of hydrogen-bond donors (Lipinski definition) is 1. The molecule has 1 aromatic rings. The van der Waals surface area contributed by atoms with Gasteiger partial charge < -0.3 is 5.73 Å². The summed E-state index contributed by atoms with van der Waals surface area (Å²) in [4.78, 5) is 13.4. The van der Waals surface area contributed by atoms with Crippen molar-refractivity contribution < 1.29 is 4.79 Å². The lowest BCUT2D eigenvalue weighted by molar-refractivity contribution is -0.739. The predicted octanol–water partition coefficient (Wildman–Crippen LogP) is -0.00460. The Balaban J connectivity index is 2.78. The minimum atomic E-state index is -0.547. The summed E-state index contributed by atoms with van der Waals surface area (Å²) < 4.78 is 1.42. The van der Waals surface area contributed by atoms with Crippen LogP contribution in [-0.2, 0) is 5.54 Å². The normalized spacial score (nSPS) is 18.9. The van der Waals surface area contributed by atoms with Gasteiger partial charge in [-0.15, -0.1) is 11.6 Å². The number of nitrogens with two attached hydrogens (primary N) is 1. The maximum Gasteiger partial charge on any atom is 0.333 e. The number of aromatic nitrogens is 3. The first-order chi connectivity index (χ1) is 7.32. The van der Waals surface area contributed by atoms with Crippen LogP contribution in [-0.4, -0.2) is 15.9 Å². The highest BCUT2D eigenvalue weighted by molar-refractivity contribution is 6.28. The molecule has 1 atom stereocenters. The van der Waals surface area contributed by atoms with E-state index in [0.29, 0.717) is 5.69 Å². The van der Waals surface area contributed by atoms with Crippen LogP contribution in [0.25, 0.3) is 0 Å². The maximum atomic E-state index is 12.2. The van der Waals surface area contributed by atoms with E-state index in [0.717, 1.165) is 0 Å². The molecule has 6 nitrogen and oxygen atoms in total. The van der Waals surface area contributed by atoms with E-state index in [1.54, 1.807) is 0 Å². The van der Waals surface area contributed by atoms with E-state index < -0.39 is 10.9 Å². The highest BCUT2D eigenvalue weighted by Crippen LogP contribution is 2.18. The number of anilines is 1. The van der Waals surface area contributed by atoms with E-state index in [1.807, 2.05) is 20.8 Å². The first-order valence-electron chi connectivity index (χ1n) is 4.86. The van der Waals surface area contributed by atoms with Crippen molar-refractivity contribution in [2.75, 3.05) is 5.73 Å². The van der Waals surface area contributed by atoms with Gasteiger partial charge in [-0.2, -0.15) is 0 Å². The third kappa shape index (κ3) is 1.49. The molecule has 1 aliphatic rings. The number of nitrogen functional groups attached to an aromatic ring is 1. The molecule has 2 rings (SSSR count). The Morgan fingerprint density at radius 2 is 2.19 bits per heavy atom. The van der Waals surface area contributed by atoms with E-state index in [2.05, 4.69) is 10.2 Å². The monoisotopic (exact) mass is 242 g/mol. The highest BCUT2D eigenvalue weighted by atomic mass is 35.5. The minimum Gasteiger partial charge on any atom is -0.364 e. The molecule has 0 saturated heterocycles. The summed E-state index contributed by atoms with van der Waals surface area (Å²) in [6, 6.07) is 0. The molecule has 0 saturated carbocycles. The fourth-order valence-electron chi connectivity index (χ4n) is 1.66. The number of halogens is 1. The Hall–Kier alpha value is -1.43. The quantitative estimate of drug-likeness (QED) is 0.514. The molecule has 7 heteroatoms. The SMILES string of the molecule is CC(C)(C)n1c(N)n[n+]2c(c1=O)C(Cl)C=N2. The number of fused-ring (bicyclic) bond motifs is 1. The Morgan fingerprint density at radius 1 is 1.56 bits per heavy atom. The summed E-state index contributed by atoms with van der Waals surface area (Å²) in [5, 5.41) is 7.34. The summed E-state index contributed by atoms with van der Waals surface area (Å²) in [7, 11) is 0. The van der Waals surface area contributed by atoms with Crippen LogP contribution >= 0.6 is 11.6 Å². The average molecular weight is 243 g/mol. The topological polar surface area (TPSA) is 77.2 Å². The van der Waals surface area contributed by atoms with Gasteiger partial charge >= 0.3 is 11.3 Å². The smallest absolute Gasteiger partial charge is 0.333 e. The second-order valence-electron chi connectivity index (χ2n) is 4.61. The van der Waals surface area contributed by atoms with Crippen molar-refractivity contribution in [3.05, 3.63) is 16.0 Å². The standard InChI is InChI=1S/C9H12ClN5O/c1-9(2,3)14-7(16)6-5(10)4-12-15(6)13-8(14)11/h4-5H,1-3H3,(H-,11,13,16)/p+1. The molecule has 0 amide bonds. The van der Waals surface area contributed by atoms with Gasteiger partial charge in [0.2, 0.25) is 0 Å². The van der Waals surface area contributed by atoms with Crippen LogP contribution in [0.2, 0.25) is 0 Å². The Morgan fingerprint density at radius 3 is 2.75 bits per heavy atom. The fraction of sp³-hybridized carbons (Fsp3) is 0.556. The van der Waals surface area contributed by atoms with Crippen LogP contribution in [0.3, 0.4) is 0 Å². The van der Waals surface area contributed by atoms with Gasteiger partial charge in [0.25, 0.3) is 5.95 Å². The van der Waals surface area contributed by atoms with E-state index in [4.69, 9.17) is 17.3 Å². The van der Waals surface area contributed by atoms with Gasteiger partial charge in [-0.25, -0.2) is 0 Å². The van der Waals surface area contributed by atoms with E-state index in [9.17, 15) is 4.79 Å². The van der Waals surface area contributed by atoms with Crippen molar-refractivity contribution in [1.29, 1.82) is 0 Å². The van der Waals surface area contributed by atoms with Gasteiger partial charge in [0, 0.05) is 10.6 Å². The molecule has 1 aliphatic heterocycles. The van der Waals surface area contributed by atoms with Crippen LogP contribution < -0.4 is 16.1 Å². The van der Waals surface area contributed by atoms with Gasteiger partial charge in [-0.3, -0.25) is 9.36 Å². The van der Waals surface area contributed by atoms with E-state index in [-0.39, 0.29) is 11.5 Å². The Kier molecular flexibility index (Phi) is 2.27. The van der Waals surface area contributed by atoms with Crippen molar-refractivity contribution in [3.8, 4) is 0 Å². The molecular formula is C9H13ClN5O+. The Labute approximate surface area is 97.3 Å². The number of alkyl halides is 1. The first-order valence-corrected chi connectivity index (χ1v) is 5.30.